The number of ether oxygens (including phenoxy) is 2. The largest absolute Gasteiger partial charge is 0.497 e. The molecule has 0 unspecified atom stereocenters. The van der Waals surface area contributed by atoms with E-state index in [4.69, 9.17) is 9.47 Å². The Bertz CT molecular complexity index is 721. The quantitative estimate of drug-likeness (QED) is 0.235. The molecule has 1 heterocycles. The molecule has 1 aromatic heterocycles. The molecule has 8 heteroatoms. The maximum Gasteiger partial charge on any atom is 0.191 e. The van der Waals surface area contributed by atoms with Crippen LogP contribution in [-0.2, 0) is 6.54 Å². The molecule has 0 amide bonds. The highest BCUT2D eigenvalue weighted by Crippen LogP contribution is 2.19. The van der Waals surface area contributed by atoms with Crippen LogP contribution in [0, 0.1) is 13.8 Å². The summed E-state index contributed by atoms with van der Waals surface area (Å²) in [6.45, 7) is 9.01. The molecule has 0 saturated heterocycles. The molecule has 27 heavy (non-hydrogen) atoms. The molecule has 2 N–H and O–H groups in total. The van der Waals surface area contributed by atoms with Gasteiger partial charge in [0.2, 0.25) is 0 Å². The average molecular weight is 504 g/mol. The highest BCUT2D eigenvalue weighted by atomic mass is 127. The van der Waals surface area contributed by atoms with Crippen molar-refractivity contribution in [2.75, 3.05) is 26.8 Å². The normalized spacial score (nSPS) is 10.9. The molecule has 0 spiro atoms. The van der Waals surface area contributed by atoms with Gasteiger partial charge in [-0.05, 0) is 39.3 Å². The van der Waals surface area contributed by atoms with Crippen LogP contribution in [0.5, 0.6) is 11.5 Å². The van der Waals surface area contributed by atoms with Gasteiger partial charge in [0.15, 0.2) is 5.96 Å². The van der Waals surface area contributed by atoms with Gasteiger partial charge < -0.3 is 20.1 Å². The van der Waals surface area contributed by atoms with Crippen molar-refractivity contribution in [3.8, 4) is 11.5 Å². The first-order valence-electron chi connectivity index (χ1n) is 8.84. The summed E-state index contributed by atoms with van der Waals surface area (Å²) in [5.74, 6) is 2.44. The van der Waals surface area contributed by atoms with Gasteiger partial charge in [-0.15, -0.1) is 35.3 Å². The van der Waals surface area contributed by atoms with Crippen LogP contribution in [0.1, 0.15) is 28.9 Å². The minimum Gasteiger partial charge on any atom is -0.497 e. The number of methoxy groups -OCH3 is 1. The fourth-order valence-corrected chi connectivity index (χ4v) is 3.23. The molecule has 0 aliphatic heterocycles. The third kappa shape index (κ3) is 8.34. The zero-order valence-electron chi connectivity index (χ0n) is 16.4. The summed E-state index contributed by atoms with van der Waals surface area (Å²) in [7, 11) is 1.65. The maximum atomic E-state index is 5.75. The molecule has 0 aliphatic rings. The van der Waals surface area contributed by atoms with Crippen molar-refractivity contribution in [2.24, 2.45) is 4.99 Å². The van der Waals surface area contributed by atoms with Gasteiger partial charge in [0.25, 0.3) is 0 Å². The number of guanidine groups is 1. The summed E-state index contributed by atoms with van der Waals surface area (Å²) in [6, 6.07) is 7.64. The van der Waals surface area contributed by atoms with Crippen LogP contribution in [0.25, 0.3) is 0 Å². The zero-order valence-corrected chi connectivity index (χ0v) is 19.5. The van der Waals surface area contributed by atoms with Gasteiger partial charge >= 0.3 is 0 Å². The molecule has 0 fully saturated rings. The number of aryl methyl sites for hydroxylation is 2. The number of nitrogens with one attached hydrogen (secondary N) is 2. The Kier molecular flexibility index (Phi) is 11.1. The van der Waals surface area contributed by atoms with E-state index in [1.165, 1.54) is 4.88 Å². The van der Waals surface area contributed by atoms with Crippen LogP contribution in [0.3, 0.4) is 0 Å². The molecule has 1 aromatic carbocycles. The molecule has 2 aromatic rings. The van der Waals surface area contributed by atoms with E-state index in [-0.39, 0.29) is 24.0 Å². The number of aromatic nitrogens is 1. The number of hydrogen-bond donors (Lipinski definition) is 2. The van der Waals surface area contributed by atoms with Crippen molar-refractivity contribution in [3.05, 3.63) is 39.8 Å². The lowest BCUT2D eigenvalue weighted by Gasteiger charge is -2.12. The molecule has 150 valence electrons. The molecular formula is C19H29IN4O2S. The smallest absolute Gasteiger partial charge is 0.191 e. The number of thiazole rings is 1. The summed E-state index contributed by atoms with van der Waals surface area (Å²) in [6.07, 6.45) is 0.875. The molecular weight excluding hydrogens is 475 g/mol. The van der Waals surface area contributed by atoms with E-state index in [1.807, 2.05) is 38.1 Å². The van der Waals surface area contributed by atoms with E-state index in [2.05, 4.69) is 27.5 Å². The Labute approximate surface area is 182 Å². The van der Waals surface area contributed by atoms with Gasteiger partial charge in [0.05, 0.1) is 31.0 Å². The van der Waals surface area contributed by atoms with Gasteiger partial charge in [-0.2, -0.15) is 0 Å². The maximum absolute atomic E-state index is 5.75. The average Bonchev–Trinajstić information content (AvgIpc) is 2.96. The van der Waals surface area contributed by atoms with Crippen LogP contribution >= 0.6 is 35.3 Å². The van der Waals surface area contributed by atoms with Crippen LogP contribution in [0.2, 0.25) is 0 Å². The van der Waals surface area contributed by atoms with Crippen molar-refractivity contribution >= 4 is 41.3 Å². The summed E-state index contributed by atoms with van der Waals surface area (Å²) >= 11 is 1.70. The van der Waals surface area contributed by atoms with Gasteiger partial charge in [0, 0.05) is 24.0 Å². The number of hydrogen-bond acceptors (Lipinski definition) is 5. The standard InChI is InChI=1S/C19H28N4O2S.HI/c1-5-20-19(22-13-18-14(2)23-15(3)26-18)21-10-7-11-25-17-9-6-8-16(12-17)24-4;/h6,8-9,12H,5,7,10-11,13H2,1-4H3,(H2,20,21,22);1H. The third-order valence-electron chi connectivity index (χ3n) is 3.65. The van der Waals surface area contributed by atoms with Crippen LogP contribution < -0.4 is 20.1 Å². The van der Waals surface area contributed by atoms with Gasteiger partial charge in [-0.25, -0.2) is 9.98 Å². The van der Waals surface area contributed by atoms with Crippen molar-refractivity contribution in [2.45, 2.75) is 33.7 Å². The highest BCUT2D eigenvalue weighted by molar-refractivity contribution is 14.0. The Morgan fingerprint density at radius 3 is 2.67 bits per heavy atom. The minimum atomic E-state index is 0. The molecule has 0 aliphatic carbocycles. The van der Waals surface area contributed by atoms with Crippen molar-refractivity contribution < 1.29 is 9.47 Å². The van der Waals surface area contributed by atoms with Gasteiger partial charge in [0.1, 0.15) is 11.5 Å². The molecule has 2 rings (SSSR count). The first kappa shape index (κ1) is 23.5. The second-order valence-electron chi connectivity index (χ2n) is 5.74. The summed E-state index contributed by atoms with van der Waals surface area (Å²) in [5, 5.41) is 7.70. The monoisotopic (exact) mass is 504 g/mol. The fraction of sp³-hybridized carbons (Fsp3) is 0.474. The fourth-order valence-electron chi connectivity index (χ4n) is 2.37. The van der Waals surface area contributed by atoms with E-state index in [0.29, 0.717) is 13.2 Å². The first-order chi connectivity index (χ1) is 12.6. The summed E-state index contributed by atoms with van der Waals surface area (Å²) < 4.78 is 10.9. The second kappa shape index (κ2) is 12.8. The van der Waals surface area contributed by atoms with Crippen molar-refractivity contribution in [1.29, 1.82) is 0 Å². The second-order valence-corrected chi connectivity index (χ2v) is 7.03. The third-order valence-corrected chi connectivity index (χ3v) is 4.71. The lowest BCUT2D eigenvalue weighted by atomic mass is 10.3. The predicted octanol–water partition coefficient (Wildman–Crippen LogP) is 3.91. The predicted molar refractivity (Wildman–Crippen MR) is 123 cm³/mol. The minimum absolute atomic E-state index is 0. The summed E-state index contributed by atoms with van der Waals surface area (Å²) in [4.78, 5) is 10.3. The van der Waals surface area contributed by atoms with E-state index >= 15 is 0 Å². The van der Waals surface area contributed by atoms with E-state index in [9.17, 15) is 0 Å². The number of halogens is 1. The Morgan fingerprint density at radius 2 is 2.00 bits per heavy atom. The number of aliphatic imine (C=N–C) groups is 1. The molecule has 6 nitrogen and oxygen atoms in total. The number of benzene rings is 1. The molecule has 0 atom stereocenters. The summed E-state index contributed by atoms with van der Waals surface area (Å²) in [5.41, 5.74) is 1.07. The highest BCUT2D eigenvalue weighted by Gasteiger charge is 2.05. The van der Waals surface area contributed by atoms with E-state index < -0.39 is 0 Å². The van der Waals surface area contributed by atoms with Crippen molar-refractivity contribution in [1.82, 2.24) is 15.6 Å². The SMILES string of the molecule is CCNC(=NCc1sc(C)nc1C)NCCCOc1cccc(OC)c1.I. The molecule has 0 saturated carbocycles. The van der Waals surface area contributed by atoms with Crippen LogP contribution in [0.4, 0.5) is 0 Å². The molecule has 0 bridgehead atoms. The van der Waals surface area contributed by atoms with Crippen LogP contribution in [-0.4, -0.2) is 37.7 Å². The topological polar surface area (TPSA) is 67.8 Å². The van der Waals surface area contributed by atoms with Gasteiger partial charge in [-0.1, -0.05) is 6.07 Å². The Morgan fingerprint density at radius 1 is 1.22 bits per heavy atom. The van der Waals surface area contributed by atoms with E-state index in [0.717, 1.165) is 47.7 Å². The van der Waals surface area contributed by atoms with E-state index in [1.54, 1.807) is 18.4 Å². The lowest BCUT2D eigenvalue weighted by molar-refractivity contribution is 0.308. The number of rotatable bonds is 9. The Balaban J connectivity index is 0.00000364. The first-order valence-corrected chi connectivity index (χ1v) is 9.66. The molecule has 0 radical (unpaired) electrons. The zero-order chi connectivity index (χ0) is 18.8. The van der Waals surface area contributed by atoms with Crippen LogP contribution in [0.15, 0.2) is 29.3 Å². The van der Waals surface area contributed by atoms with Gasteiger partial charge in [-0.3, -0.25) is 0 Å². The lowest BCUT2D eigenvalue weighted by Crippen LogP contribution is -2.38. The Hall–Kier alpha value is -1.55. The van der Waals surface area contributed by atoms with Crippen molar-refractivity contribution in [3.63, 3.8) is 0 Å². The number of nitrogens with zero attached hydrogens (tertiary/aromatic N) is 2.